The summed E-state index contributed by atoms with van der Waals surface area (Å²) in [5, 5.41) is 9.59. The number of nitrogens with zero attached hydrogens (tertiary/aromatic N) is 3. The van der Waals surface area contributed by atoms with Crippen LogP contribution in [0.15, 0.2) is 24.3 Å². The van der Waals surface area contributed by atoms with Gasteiger partial charge < -0.3 is 19.5 Å². The van der Waals surface area contributed by atoms with Gasteiger partial charge in [0.1, 0.15) is 24.0 Å². The Kier molecular flexibility index (Phi) is 4.55. The summed E-state index contributed by atoms with van der Waals surface area (Å²) in [4.78, 5) is 11.6. The number of hydrogen-bond acceptors (Lipinski definition) is 6. The van der Waals surface area contributed by atoms with E-state index in [1.807, 2.05) is 25.1 Å². The SMILES string of the molecule is Cc1nc2c(c(N3CCOCC(CO)C3)n1)Cc1ccccc1OC2. The molecule has 0 aliphatic carbocycles. The summed E-state index contributed by atoms with van der Waals surface area (Å²) in [6, 6.07) is 8.12. The molecule has 0 saturated carbocycles. The van der Waals surface area contributed by atoms with Crippen molar-refractivity contribution in [1.82, 2.24) is 9.97 Å². The third kappa shape index (κ3) is 3.32. The molecular formula is C19H23N3O3. The molecule has 1 unspecified atom stereocenters. The number of benzene rings is 1. The molecule has 0 amide bonds. The Balaban J connectivity index is 1.75. The number of aliphatic hydroxyl groups is 1. The van der Waals surface area contributed by atoms with Crippen molar-refractivity contribution in [2.24, 2.45) is 5.92 Å². The van der Waals surface area contributed by atoms with Crippen LogP contribution in [0.3, 0.4) is 0 Å². The van der Waals surface area contributed by atoms with Crippen molar-refractivity contribution in [3.05, 3.63) is 46.9 Å². The normalized spacial score (nSPS) is 20.1. The van der Waals surface area contributed by atoms with Gasteiger partial charge in [-0.2, -0.15) is 0 Å². The zero-order chi connectivity index (χ0) is 17.2. The summed E-state index contributed by atoms with van der Waals surface area (Å²) in [5.41, 5.74) is 3.22. The molecular weight excluding hydrogens is 318 g/mol. The summed E-state index contributed by atoms with van der Waals surface area (Å²) in [7, 11) is 0. The Bertz CT molecular complexity index is 766. The summed E-state index contributed by atoms with van der Waals surface area (Å²) < 4.78 is 11.6. The lowest BCUT2D eigenvalue weighted by Crippen LogP contribution is -2.33. The molecule has 0 bridgehead atoms. The molecule has 6 nitrogen and oxygen atoms in total. The topological polar surface area (TPSA) is 67.7 Å². The van der Waals surface area contributed by atoms with Crippen molar-refractivity contribution in [3.63, 3.8) is 0 Å². The maximum absolute atomic E-state index is 9.59. The summed E-state index contributed by atoms with van der Waals surface area (Å²) in [6.07, 6.45) is 0.752. The van der Waals surface area contributed by atoms with Gasteiger partial charge >= 0.3 is 0 Å². The zero-order valence-electron chi connectivity index (χ0n) is 14.4. The number of hydrogen-bond donors (Lipinski definition) is 1. The van der Waals surface area contributed by atoms with E-state index in [1.165, 1.54) is 0 Å². The quantitative estimate of drug-likeness (QED) is 0.897. The van der Waals surface area contributed by atoms with Crippen LogP contribution in [0.25, 0.3) is 0 Å². The van der Waals surface area contributed by atoms with E-state index in [4.69, 9.17) is 14.5 Å². The fourth-order valence-corrected chi connectivity index (χ4v) is 3.51. The lowest BCUT2D eigenvalue weighted by Gasteiger charge is -2.26. The average molecular weight is 341 g/mol. The van der Waals surface area contributed by atoms with Gasteiger partial charge in [-0.3, -0.25) is 0 Å². The number of ether oxygens (including phenoxy) is 2. The minimum atomic E-state index is 0.0998. The predicted octanol–water partition coefficient (Wildman–Crippen LogP) is 1.71. The summed E-state index contributed by atoms with van der Waals surface area (Å²) in [6.45, 7) is 5.22. The third-order valence-electron chi connectivity index (χ3n) is 4.78. The van der Waals surface area contributed by atoms with Crippen LogP contribution in [0.5, 0.6) is 5.75 Å². The van der Waals surface area contributed by atoms with E-state index >= 15 is 0 Å². The maximum Gasteiger partial charge on any atom is 0.136 e. The van der Waals surface area contributed by atoms with Crippen LogP contribution < -0.4 is 9.64 Å². The molecule has 4 rings (SSSR count). The van der Waals surface area contributed by atoms with Gasteiger partial charge in [0.25, 0.3) is 0 Å². The highest BCUT2D eigenvalue weighted by Gasteiger charge is 2.26. The van der Waals surface area contributed by atoms with Crippen LogP contribution in [0.2, 0.25) is 0 Å². The Hall–Kier alpha value is -2.18. The van der Waals surface area contributed by atoms with Crippen molar-refractivity contribution in [2.45, 2.75) is 20.0 Å². The van der Waals surface area contributed by atoms with Gasteiger partial charge in [-0.25, -0.2) is 9.97 Å². The van der Waals surface area contributed by atoms with E-state index in [2.05, 4.69) is 16.0 Å². The van der Waals surface area contributed by atoms with E-state index in [0.717, 1.165) is 53.7 Å². The van der Waals surface area contributed by atoms with E-state index < -0.39 is 0 Å². The van der Waals surface area contributed by atoms with Crippen molar-refractivity contribution < 1.29 is 14.6 Å². The van der Waals surface area contributed by atoms with E-state index in [0.29, 0.717) is 19.8 Å². The largest absolute Gasteiger partial charge is 0.487 e. The summed E-state index contributed by atoms with van der Waals surface area (Å²) >= 11 is 0. The molecule has 0 spiro atoms. The van der Waals surface area contributed by atoms with Crippen molar-refractivity contribution in [2.75, 3.05) is 37.8 Å². The van der Waals surface area contributed by atoms with Crippen LogP contribution in [0.1, 0.15) is 22.6 Å². The zero-order valence-corrected chi connectivity index (χ0v) is 14.4. The number of fused-ring (bicyclic) bond motifs is 2. The second-order valence-electron chi connectivity index (χ2n) is 6.66. The first-order valence-corrected chi connectivity index (χ1v) is 8.75. The number of aryl methyl sites for hydroxylation is 1. The van der Waals surface area contributed by atoms with Crippen molar-refractivity contribution in [3.8, 4) is 5.75 Å². The van der Waals surface area contributed by atoms with Crippen LogP contribution in [-0.4, -0.2) is 48.0 Å². The van der Waals surface area contributed by atoms with Crippen LogP contribution in [0, 0.1) is 12.8 Å². The molecule has 0 radical (unpaired) electrons. The van der Waals surface area contributed by atoms with Crippen LogP contribution in [0.4, 0.5) is 5.82 Å². The lowest BCUT2D eigenvalue weighted by atomic mass is 10.0. The van der Waals surface area contributed by atoms with Gasteiger partial charge in [-0.1, -0.05) is 18.2 Å². The van der Waals surface area contributed by atoms with Crippen LogP contribution in [-0.2, 0) is 17.8 Å². The van der Waals surface area contributed by atoms with Gasteiger partial charge in [0.05, 0.1) is 18.9 Å². The fraction of sp³-hybridized carbons (Fsp3) is 0.474. The molecule has 1 atom stereocenters. The van der Waals surface area contributed by atoms with Gasteiger partial charge in [-0.15, -0.1) is 0 Å². The molecule has 2 aliphatic rings. The molecule has 1 aromatic carbocycles. The van der Waals surface area contributed by atoms with Gasteiger partial charge in [0.15, 0.2) is 0 Å². The minimum absolute atomic E-state index is 0.0998. The second-order valence-corrected chi connectivity index (χ2v) is 6.66. The highest BCUT2D eigenvalue weighted by molar-refractivity contribution is 5.54. The van der Waals surface area contributed by atoms with Crippen molar-refractivity contribution in [1.29, 1.82) is 0 Å². The first-order valence-electron chi connectivity index (χ1n) is 8.75. The smallest absolute Gasteiger partial charge is 0.136 e. The average Bonchev–Trinajstić information content (AvgIpc) is 2.97. The number of rotatable bonds is 2. The van der Waals surface area contributed by atoms with Crippen molar-refractivity contribution >= 4 is 5.82 Å². The molecule has 1 aromatic heterocycles. The fourth-order valence-electron chi connectivity index (χ4n) is 3.51. The summed E-state index contributed by atoms with van der Waals surface area (Å²) in [5.74, 6) is 2.71. The Morgan fingerprint density at radius 1 is 1.28 bits per heavy atom. The first-order chi connectivity index (χ1) is 12.2. The molecule has 1 fully saturated rings. The minimum Gasteiger partial charge on any atom is -0.487 e. The van der Waals surface area contributed by atoms with Gasteiger partial charge in [-0.05, 0) is 18.6 Å². The maximum atomic E-state index is 9.59. The van der Waals surface area contributed by atoms with Gasteiger partial charge in [0.2, 0.25) is 0 Å². The molecule has 1 N–H and O–H groups in total. The Labute approximate surface area is 147 Å². The second kappa shape index (κ2) is 6.98. The number of aliphatic hydroxyl groups excluding tert-OH is 1. The standard InChI is InChI=1S/C19H23N3O3/c1-13-20-17-12-25-18-5-3-2-4-15(18)8-16(17)19(21-13)22-6-7-24-11-14(9-22)10-23/h2-5,14,23H,6-12H2,1H3. The Morgan fingerprint density at radius 3 is 3.04 bits per heavy atom. The van der Waals surface area contributed by atoms with Gasteiger partial charge in [0, 0.05) is 37.6 Å². The molecule has 2 aliphatic heterocycles. The van der Waals surface area contributed by atoms with E-state index in [9.17, 15) is 5.11 Å². The van der Waals surface area contributed by atoms with E-state index in [1.54, 1.807) is 0 Å². The highest BCUT2D eigenvalue weighted by atomic mass is 16.5. The molecule has 2 aromatic rings. The third-order valence-corrected chi connectivity index (χ3v) is 4.78. The molecule has 25 heavy (non-hydrogen) atoms. The van der Waals surface area contributed by atoms with Crippen LogP contribution >= 0.6 is 0 Å². The highest BCUT2D eigenvalue weighted by Crippen LogP contribution is 2.32. The number of anilines is 1. The Morgan fingerprint density at radius 2 is 2.16 bits per heavy atom. The molecule has 6 heteroatoms. The van der Waals surface area contributed by atoms with E-state index in [-0.39, 0.29) is 12.5 Å². The first kappa shape index (κ1) is 16.3. The monoisotopic (exact) mass is 341 g/mol. The lowest BCUT2D eigenvalue weighted by molar-refractivity contribution is 0.0959. The molecule has 132 valence electrons. The molecule has 3 heterocycles. The number of aromatic nitrogens is 2. The number of para-hydroxylation sites is 1. The molecule has 1 saturated heterocycles. The predicted molar refractivity (Wildman–Crippen MR) is 94.0 cm³/mol.